The highest BCUT2D eigenvalue weighted by Crippen LogP contribution is 2.47. The Balaban J connectivity index is 1.48. The molecule has 3 atom stereocenters. The Kier molecular flexibility index (Phi) is 8.99. The number of amides is 1. The molecule has 2 heterocycles. The minimum Gasteiger partial charge on any atom is -0.491 e. The largest absolute Gasteiger partial charge is 0.491 e. The molecule has 3 aromatic rings. The summed E-state index contributed by atoms with van der Waals surface area (Å²) in [7, 11) is 0. The number of nitrogens with zero attached hydrogens (tertiary/aromatic N) is 1. The van der Waals surface area contributed by atoms with Gasteiger partial charge in [-0.3, -0.25) is 14.5 Å². The first kappa shape index (κ1) is 29.4. The Morgan fingerprint density at radius 1 is 0.976 bits per heavy atom. The van der Waals surface area contributed by atoms with Crippen LogP contribution in [0.5, 0.6) is 17.2 Å². The summed E-state index contributed by atoms with van der Waals surface area (Å²) in [6, 6.07) is 16.4. The lowest BCUT2D eigenvalue weighted by Gasteiger charge is -2.27. The van der Waals surface area contributed by atoms with E-state index in [4.69, 9.17) is 19.3 Å². The number of carbonyl (C=O) groups excluding carboxylic acids is 1. The maximum absolute atomic E-state index is 13.6. The van der Waals surface area contributed by atoms with Crippen LogP contribution < -0.4 is 19.5 Å². The first-order chi connectivity index (χ1) is 20.3. The van der Waals surface area contributed by atoms with E-state index < -0.39 is 23.8 Å². The summed E-state index contributed by atoms with van der Waals surface area (Å²) in [4.78, 5) is 28.5. The van der Waals surface area contributed by atoms with Crippen LogP contribution in [-0.4, -0.2) is 60.1 Å². The number of hydrogen-bond donors (Lipinski definition) is 3. The summed E-state index contributed by atoms with van der Waals surface area (Å²) >= 11 is 0. The first-order valence-corrected chi connectivity index (χ1v) is 14.4. The summed E-state index contributed by atoms with van der Waals surface area (Å²) in [5, 5.41) is 22.8. The van der Waals surface area contributed by atoms with E-state index in [1.54, 1.807) is 12.1 Å². The molecule has 1 amide bonds. The fourth-order valence-corrected chi connectivity index (χ4v) is 6.22. The van der Waals surface area contributed by atoms with Gasteiger partial charge >= 0.3 is 5.97 Å². The van der Waals surface area contributed by atoms with E-state index >= 15 is 0 Å². The first-order valence-electron chi connectivity index (χ1n) is 14.4. The summed E-state index contributed by atoms with van der Waals surface area (Å²) in [6.07, 6.45) is 1.57. The van der Waals surface area contributed by atoms with Crippen LogP contribution in [0.15, 0.2) is 54.6 Å². The predicted molar refractivity (Wildman–Crippen MR) is 158 cm³/mol. The molecular formula is C33H38N2O7. The molecule has 3 aromatic carbocycles. The molecule has 3 N–H and O–H groups in total. The lowest BCUT2D eigenvalue weighted by atomic mass is 9.82. The number of carboxylic acid groups (broad SMARTS) is 1. The van der Waals surface area contributed by atoms with Gasteiger partial charge in [-0.1, -0.05) is 49.7 Å². The zero-order valence-corrected chi connectivity index (χ0v) is 24.3. The van der Waals surface area contributed by atoms with E-state index in [-0.39, 0.29) is 32.5 Å². The van der Waals surface area contributed by atoms with Crippen molar-refractivity contribution in [1.29, 1.82) is 0 Å². The number of aliphatic hydroxyl groups excluding tert-OH is 1. The summed E-state index contributed by atoms with van der Waals surface area (Å²) < 4.78 is 16.6. The third-order valence-corrected chi connectivity index (χ3v) is 8.11. The quantitative estimate of drug-likeness (QED) is 0.302. The van der Waals surface area contributed by atoms with Gasteiger partial charge in [0, 0.05) is 24.2 Å². The standard InChI is InChI=1S/C33H38N2O7/c1-4-21-14-20(3)15-22(5-2)31(21)34-29(37)18-35-17-26(24-8-11-27-28(16-24)42-19-41-27)30(33(38)39)32(35)23-6-9-25(10-7-23)40-13-12-36/h6-11,14-16,26,30,32,36H,4-5,12-13,17-19H2,1-3H3,(H,34,37)(H,38,39)/t26-,30-,32+/m1/s1. The fourth-order valence-electron chi connectivity index (χ4n) is 6.22. The molecule has 222 valence electrons. The second-order valence-electron chi connectivity index (χ2n) is 10.8. The van der Waals surface area contributed by atoms with Gasteiger partial charge in [-0.15, -0.1) is 0 Å². The molecule has 0 spiro atoms. The second kappa shape index (κ2) is 12.8. The molecule has 0 aliphatic carbocycles. The van der Waals surface area contributed by atoms with Gasteiger partial charge in [0.1, 0.15) is 12.4 Å². The summed E-state index contributed by atoms with van der Waals surface area (Å²) in [5.41, 5.74) is 5.76. The lowest BCUT2D eigenvalue weighted by molar-refractivity contribution is -0.143. The van der Waals surface area contributed by atoms with Crippen LogP contribution in [0.2, 0.25) is 0 Å². The molecule has 0 saturated carbocycles. The zero-order valence-electron chi connectivity index (χ0n) is 24.3. The van der Waals surface area contributed by atoms with Crippen molar-refractivity contribution in [2.45, 2.75) is 45.6 Å². The van der Waals surface area contributed by atoms with Crippen molar-refractivity contribution in [3.63, 3.8) is 0 Å². The summed E-state index contributed by atoms with van der Waals surface area (Å²) in [5.74, 6) is -0.540. The number of rotatable bonds is 11. The molecule has 1 fully saturated rings. The normalized spacial score (nSPS) is 19.6. The number of ether oxygens (including phenoxy) is 3. The SMILES string of the molecule is CCc1cc(C)cc(CC)c1NC(=O)CN1C[C@H](c2ccc3c(c2)OCO3)[C@@H](C(=O)O)[C@@H]1c1ccc(OCCO)cc1. The van der Waals surface area contributed by atoms with Crippen LogP contribution in [0.25, 0.3) is 0 Å². The van der Waals surface area contributed by atoms with Crippen LogP contribution in [-0.2, 0) is 22.4 Å². The van der Waals surface area contributed by atoms with E-state index in [1.807, 2.05) is 35.2 Å². The molecule has 0 bridgehead atoms. The smallest absolute Gasteiger partial charge is 0.309 e. The molecule has 42 heavy (non-hydrogen) atoms. The van der Waals surface area contributed by atoms with E-state index in [9.17, 15) is 14.7 Å². The second-order valence-corrected chi connectivity index (χ2v) is 10.8. The molecule has 9 nitrogen and oxygen atoms in total. The van der Waals surface area contributed by atoms with Crippen LogP contribution in [0.1, 0.15) is 53.6 Å². The van der Waals surface area contributed by atoms with Crippen molar-refractivity contribution in [2.24, 2.45) is 5.92 Å². The van der Waals surface area contributed by atoms with E-state index in [0.717, 1.165) is 46.3 Å². The number of aliphatic carboxylic acids is 1. The topological polar surface area (TPSA) is 118 Å². The number of hydrogen-bond acceptors (Lipinski definition) is 7. The Morgan fingerprint density at radius 3 is 2.29 bits per heavy atom. The van der Waals surface area contributed by atoms with Crippen molar-refractivity contribution >= 4 is 17.6 Å². The van der Waals surface area contributed by atoms with Gasteiger partial charge in [0.15, 0.2) is 11.5 Å². The van der Waals surface area contributed by atoms with E-state index in [0.29, 0.717) is 23.8 Å². The van der Waals surface area contributed by atoms with Crippen LogP contribution in [0.4, 0.5) is 5.69 Å². The molecule has 0 unspecified atom stereocenters. The highest BCUT2D eigenvalue weighted by atomic mass is 16.7. The van der Waals surface area contributed by atoms with Gasteiger partial charge in [-0.2, -0.15) is 0 Å². The van der Waals surface area contributed by atoms with Gasteiger partial charge in [-0.05, 0) is 66.3 Å². The minimum absolute atomic E-state index is 0.0262. The van der Waals surface area contributed by atoms with Gasteiger partial charge in [-0.25, -0.2) is 0 Å². The number of anilines is 1. The van der Waals surface area contributed by atoms with Crippen molar-refractivity contribution in [2.75, 3.05) is 38.4 Å². The zero-order chi connectivity index (χ0) is 29.8. The van der Waals surface area contributed by atoms with Crippen molar-refractivity contribution in [3.05, 3.63) is 82.4 Å². The summed E-state index contributed by atoms with van der Waals surface area (Å²) in [6.45, 7) is 6.78. The van der Waals surface area contributed by atoms with Crippen LogP contribution in [0, 0.1) is 12.8 Å². The molecule has 9 heteroatoms. The Hall–Kier alpha value is -4.08. The number of carboxylic acids is 1. The monoisotopic (exact) mass is 574 g/mol. The molecule has 0 aromatic heterocycles. The number of likely N-dealkylation sites (tertiary alicyclic amines) is 1. The number of fused-ring (bicyclic) bond motifs is 1. The Morgan fingerprint density at radius 2 is 1.64 bits per heavy atom. The minimum atomic E-state index is -0.939. The van der Waals surface area contributed by atoms with Crippen molar-refractivity contribution < 1.29 is 34.0 Å². The molecule has 5 rings (SSSR count). The highest BCUT2D eigenvalue weighted by molar-refractivity contribution is 5.94. The van der Waals surface area contributed by atoms with Crippen LogP contribution in [0.3, 0.4) is 0 Å². The molecule has 2 aliphatic rings. The molecular weight excluding hydrogens is 536 g/mol. The highest BCUT2D eigenvalue weighted by Gasteiger charge is 2.48. The van der Waals surface area contributed by atoms with Crippen molar-refractivity contribution in [3.8, 4) is 17.2 Å². The van der Waals surface area contributed by atoms with Gasteiger partial charge in [0.25, 0.3) is 0 Å². The predicted octanol–water partition coefficient (Wildman–Crippen LogP) is 4.70. The number of benzene rings is 3. The van der Waals surface area contributed by atoms with Gasteiger partial charge < -0.3 is 29.7 Å². The Bertz CT molecular complexity index is 1410. The van der Waals surface area contributed by atoms with Gasteiger partial charge in [0.05, 0.1) is 19.1 Å². The number of nitrogens with one attached hydrogen (secondary N) is 1. The number of aryl methyl sites for hydroxylation is 3. The van der Waals surface area contributed by atoms with E-state index in [1.165, 1.54) is 0 Å². The number of carbonyl (C=O) groups is 2. The third kappa shape index (κ3) is 6.07. The molecule has 0 radical (unpaired) electrons. The number of aliphatic hydroxyl groups is 1. The molecule has 1 saturated heterocycles. The van der Waals surface area contributed by atoms with E-state index in [2.05, 4.69) is 38.2 Å². The lowest BCUT2D eigenvalue weighted by Crippen LogP contribution is -2.35. The van der Waals surface area contributed by atoms with Gasteiger partial charge in [0.2, 0.25) is 12.7 Å². The average molecular weight is 575 g/mol. The maximum Gasteiger partial charge on any atom is 0.309 e. The van der Waals surface area contributed by atoms with Crippen LogP contribution >= 0.6 is 0 Å². The molecule has 2 aliphatic heterocycles. The fraction of sp³-hybridized carbons (Fsp3) is 0.394. The third-order valence-electron chi connectivity index (χ3n) is 8.11. The maximum atomic E-state index is 13.6. The van der Waals surface area contributed by atoms with Crippen molar-refractivity contribution in [1.82, 2.24) is 4.90 Å². The Labute approximate surface area is 246 Å². The average Bonchev–Trinajstić information content (AvgIpc) is 3.61.